The van der Waals surface area contributed by atoms with Crippen LogP contribution in [-0.2, 0) is 0 Å². The summed E-state index contributed by atoms with van der Waals surface area (Å²) in [6.07, 6.45) is 2.37. The Kier molecular flexibility index (Phi) is 4.63. The average molecular weight is 382 g/mol. The van der Waals surface area contributed by atoms with Crippen molar-refractivity contribution in [2.75, 3.05) is 20.1 Å². The van der Waals surface area contributed by atoms with Crippen LogP contribution in [0.25, 0.3) is 0 Å². The first-order valence-electron chi connectivity index (χ1n) is 5.51. The van der Waals surface area contributed by atoms with E-state index in [1.807, 2.05) is 13.1 Å². The highest BCUT2D eigenvalue weighted by Crippen LogP contribution is 2.32. The van der Waals surface area contributed by atoms with Gasteiger partial charge in [-0.25, -0.2) is 0 Å². The average Bonchev–Trinajstić information content (AvgIpc) is 2.87. The second kappa shape index (κ2) is 5.82. The molecule has 0 saturated carbocycles. The topological polar surface area (TPSA) is 32.3 Å². The third-order valence-electron chi connectivity index (χ3n) is 2.89. The zero-order chi connectivity index (χ0) is 12.4. The van der Waals surface area contributed by atoms with Crippen LogP contribution in [0.1, 0.15) is 23.2 Å². The van der Waals surface area contributed by atoms with Gasteiger partial charge in [-0.15, -0.1) is 11.3 Å². The molecule has 6 heteroatoms. The number of carbonyl (C=O) groups is 1. The van der Waals surface area contributed by atoms with Gasteiger partial charge in [0, 0.05) is 19.6 Å². The Morgan fingerprint density at radius 3 is 2.94 bits per heavy atom. The molecule has 17 heavy (non-hydrogen) atoms. The first-order valence-corrected chi connectivity index (χ1v) is 7.92. The van der Waals surface area contributed by atoms with Crippen molar-refractivity contribution in [2.24, 2.45) is 0 Å². The molecule has 3 nitrogen and oxygen atoms in total. The number of nitrogens with one attached hydrogen (secondary N) is 1. The molecular weight excluding hydrogens is 368 g/mol. The Hall–Kier alpha value is 0.0900. The summed E-state index contributed by atoms with van der Waals surface area (Å²) in [6.45, 7) is 1.85. The monoisotopic (exact) mass is 380 g/mol. The van der Waals surface area contributed by atoms with E-state index in [1.165, 1.54) is 17.8 Å². The number of amides is 1. The first-order chi connectivity index (χ1) is 8.08. The minimum absolute atomic E-state index is 0.0764. The fraction of sp³-hybridized carbons (Fsp3) is 0.545. The van der Waals surface area contributed by atoms with Crippen molar-refractivity contribution in [3.63, 3.8) is 0 Å². The first kappa shape index (κ1) is 13.5. The number of hydrogen-bond acceptors (Lipinski definition) is 3. The van der Waals surface area contributed by atoms with Gasteiger partial charge in [-0.3, -0.25) is 4.79 Å². The molecule has 1 atom stereocenters. The molecule has 1 aromatic heterocycles. The van der Waals surface area contributed by atoms with Crippen molar-refractivity contribution >= 4 is 49.1 Å². The largest absolute Gasteiger partial charge is 0.340 e. The van der Waals surface area contributed by atoms with Gasteiger partial charge in [0.05, 0.1) is 13.1 Å². The summed E-state index contributed by atoms with van der Waals surface area (Å²) in [5, 5.41) is 3.40. The van der Waals surface area contributed by atoms with Crippen LogP contribution in [0.2, 0.25) is 0 Å². The number of carbonyl (C=O) groups excluding carboxylic acids is 1. The van der Waals surface area contributed by atoms with Crippen molar-refractivity contribution in [3.05, 3.63) is 19.2 Å². The van der Waals surface area contributed by atoms with E-state index >= 15 is 0 Å². The molecule has 1 aliphatic rings. The SMILES string of the molecule is CN(CC1CCCN1)C(=O)c1cc(Br)sc1Br. The molecule has 1 unspecified atom stereocenters. The molecule has 94 valence electrons. The quantitative estimate of drug-likeness (QED) is 0.872. The summed E-state index contributed by atoms with van der Waals surface area (Å²) in [7, 11) is 1.86. The fourth-order valence-electron chi connectivity index (χ4n) is 2.02. The van der Waals surface area contributed by atoms with Gasteiger partial charge in [0.15, 0.2) is 0 Å². The van der Waals surface area contributed by atoms with E-state index in [0.29, 0.717) is 6.04 Å². The van der Waals surface area contributed by atoms with Crippen LogP contribution in [0.5, 0.6) is 0 Å². The highest BCUT2D eigenvalue weighted by atomic mass is 79.9. The maximum atomic E-state index is 12.2. The van der Waals surface area contributed by atoms with E-state index in [0.717, 1.165) is 32.6 Å². The van der Waals surface area contributed by atoms with E-state index < -0.39 is 0 Å². The summed E-state index contributed by atoms with van der Waals surface area (Å²) < 4.78 is 1.86. The fourth-order valence-corrected chi connectivity index (χ4v) is 4.80. The zero-order valence-corrected chi connectivity index (χ0v) is 13.5. The lowest BCUT2D eigenvalue weighted by Crippen LogP contribution is -2.38. The van der Waals surface area contributed by atoms with Gasteiger partial charge < -0.3 is 10.2 Å². The number of nitrogens with zero attached hydrogens (tertiary/aromatic N) is 1. The highest BCUT2D eigenvalue weighted by Gasteiger charge is 2.22. The Bertz CT molecular complexity index is 416. The Morgan fingerprint density at radius 2 is 2.41 bits per heavy atom. The van der Waals surface area contributed by atoms with Gasteiger partial charge in [0.25, 0.3) is 5.91 Å². The molecular formula is C11H14Br2N2OS. The van der Waals surface area contributed by atoms with Gasteiger partial charge in [-0.05, 0) is 57.3 Å². The van der Waals surface area contributed by atoms with E-state index in [2.05, 4.69) is 37.2 Å². The smallest absolute Gasteiger partial charge is 0.255 e. The minimum Gasteiger partial charge on any atom is -0.340 e. The van der Waals surface area contributed by atoms with Gasteiger partial charge >= 0.3 is 0 Å². The van der Waals surface area contributed by atoms with Gasteiger partial charge in [-0.2, -0.15) is 0 Å². The number of hydrogen-bond donors (Lipinski definition) is 1. The Balaban J connectivity index is 2.01. The zero-order valence-electron chi connectivity index (χ0n) is 9.50. The lowest BCUT2D eigenvalue weighted by atomic mass is 10.2. The predicted octanol–water partition coefficient (Wildman–Crippen LogP) is 3.10. The lowest BCUT2D eigenvalue weighted by Gasteiger charge is -2.21. The number of rotatable bonds is 3. The van der Waals surface area contributed by atoms with Crippen molar-refractivity contribution in [1.82, 2.24) is 10.2 Å². The molecule has 1 fully saturated rings. The lowest BCUT2D eigenvalue weighted by molar-refractivity contribution is 0.0783. The molecule has 1 aliphatic heterocycles. The van der Waals surface area contributed by atoms with Crippen LogP contribution in [0.4, 0.5) is 0 Å². The van der Waals surface area contributed by atoms with Crippen molar-refractivity contribution in [3.8, 4) is 0 Å². The summed E-state index contributed by atoms with van der Waals surface area (Å²) >= 11 is 8.35. The maximum Gasteiger partial charge on any atom is 0.255 e. The van der Waals surface area contributed by atoms with Crippen molar-refractivity contribution < 1.29 is 4.79 Å². The van der Waals surface area contributed by atoms with E-state index in [4.69, 9.17) is 0 Å². The Morgan fingerprint density at radius 1 is 1.65 bits per heavy atom. The molecule has 0 bridgehead atoms. The maximum absolute atomic E-state index is 12.2. The van der Waals surface area contributed by atoms with Crippen LogP contribution in [0, 0.1) is 0 Å². The standard InChI is InChI=1S/C11H14Br2N2OS/c1-15(6-7-3-2-4-14-7)11(16)8-5-9(12)17-10(8)13/h5,7,14H,2-4,6H2,1H3. The second-order valence-electron chi connectivity index (χ2n) is 4.22. The molecule has 2 rings (SSSR count). The molecule has 1 aromatic rings. The van der Waals surface area contributed by atoms with Crippen molar-refractivity contribution in [2.45, 2.75) is 18.9 Å². The van der Waals surface area contributed by atoms with Gasteiger partial charge in [0.2, 0.25) is 0 Å². The molecule has 1 saturated heterocycles. The molecule has 1 amide bonds. The van der Waals surface area contributed by atoms with Crippen LogP contribution >= 0.6 is 43.2 Å². The molecule has 0 spiro atoms. The predicted molar refractivity (Wildman–Crippen MR) is 77.7 cm³/mol. The molecule has 1 N–H and O–H groups in total. The van der Waals surface area contributed by atoms with E-state index in [1.54, 1.807) is 4.90 Å². The molecule has 0 aliphatic carbocycles. The summed E-state index contributed by atoms with van der Waals surface area (Å²) in [6, 6.07) is 2.32. The van der Waals surface area contributed by atoms with Crippen molar-refractivity contribution in [1.29, 1.82) is 0 Å². The Labute approximate surface area is 122 Å². The van der Waals surface area contributed by atoms with E-state index in [9.17, 15) is 4.79 Å². The number of likely N-dealkylation sites (N-methyl/N-ethyl adjacent to an activating group) is 1. The molecule has 0 radical (unpaired) electrons. The second-order valence-corrected chi connectivity index (χ2v) is 7.97. The summed E-state index contributed by atoms with van der Waals surface area (Å²) in [5.74, 6) is 0.0764. The number of thiophene rings is 1. The van der Waals surface area contributed by atoms with Crippen LogP contribution in [0.3, 0.4) is 0 Å². The summed E-state index contributed by atoms with van der Waals surface area (Å²) in [4.78, 5) is 14.0. The molecule has 0 aromatic carbocycles. The van der Waals surface area contributed by atoms with Crippen LogP contribution in [0.15, 0.2) is 13.6 Å². The van der Waals surface area contributed by atoms with Gasteiger partial charge in [-0.1, -0.05) is 0 Å². The minimum atomic E-state index is 0.0764. The summed E-state index contributed by atoms with van der Waals surface area (Å²) in [5.41, 5.74) is 0.738. The normalized spacial score (nSPS) is 19.6. The third kappa shape index (κ3) is 3.30. The van der Waals surface area contributed by atoms with Crippen LogP contribution in [-0.4, -0.2) is 37.0 Å². The number of halogens is 2. The van der Waals surface area contributed by atoms with Crippen LogP contribution < -0.4 is 5.32 Å². The van der Waals surface area contributed by atoms with E-state index in [-0.39, 0.29) is 5.91 Å². The third-order valence-corrected chi connectivity index (χ3v) is 5.23. The molecule has 2 heterocycles. The highest BCUT2D eigenvalue weighted by molar-refractivity contribution is 9.12. The van der Waals surface area contributed by atoms with Gasteiger partial charge in [0.1, 0.15) is 0 Å².